The van der Waals surface area contributed by atoms with Gasteiger partial charge in [-0.3, -0.25) is 0 Å². The van der Waals surface area contributed by atoms with Gasteiger partial charge < -0.3 is 14.2 Å². The molecule has 8 heteroatoms. The summed E-state index contributed by atoms with van der Waals surface area (Å²) in [6, 6.07) is 10.9. The zero-order chi connectivity index (χ0) is 19.9. The number of benzene rings is 2. The summed E-state index contributed by atoms with van der Waals surface area (Å²) in [4.78, 5) is 11.6. The third-order valence-electron chi connectivity index (χ3n) is 3.64. The Morgan fingerprint density at radius 3 is 2.37 bits per heavy atom. The molecular formula is C19H23NO6S. The maximum absolute atomic E-state index is 12.5. The van der Waals surface area contributed by atoms with Crippen LogP contribution in [0.5, 0.6) is 11.5 Å². The molecule has 0 amide bonds. The molecule has 0 spiro atoms. The van der Waals surface area contributed by atoms with Crippen LogP contribution in [0.25, 0.3) is 0 Å². The van der Waals surface area contributed by atoms with Gasteiger partial charge in [-0.2, -0.15) is 0 Å². The molecule has 0 atom stereocenters. The smallest absolute Gasteiger partial charge is 0.337 e. The third-order valence-corrected chi connectivity index (χ3v) is 5.04. The van der Waals surface area contributed by atoms with Gasteiger partial charge in [0.1, 0.15) is 0 Å². The summed E-state index contributed by atoms with van der Waals surface area (Å²) in [7, 11) is -2.56. The normalized spacial score (nSPS) is 11.1. The highest BCUT2D eigenvalue weighted by atomic mass is 32.2. The second kappa shape index (κ2) is 9.38. The Hall–Kier alpha value is -2.58. The van der Waals surface area contributed by atoms with Crippen molar-refractivity contribution >= 4 is 16.0 Å². The first kappa shape index (κ1) is 20.7. The molecule has 0 aliphatic carbocycles. The summed E-state index contributed by atoms with van der Waals surface area (Å²) in [6.45, 7) is 4.77. The first-order valence-corrected chi connectivity index (χ1v) is 9.96. The van der Waals surface area contributed by atoms with E-state index in [0.717, 1.165) is 5.56 Å². The number of hydrogen-bond acceptors (Lipinski definition) is 6. The molecule has 2 aromatic carbocycles. The van der Waals surface area contributed by atoms with E-state index in [1.807, 2.05) is 13.8 Å². The highest BCUT2D eigenvalue weighted by Crippen LogP contribution is 2.28. The Kier molecular flexibility index (Phi) is 7.20. The number of methoxy groups -OCH3 is 1. The van der Waals surface area contributed by atoms with E-state index in [9.17, 15) is 13.2 Å². The molecule has 0 fully saturated rings. The van der Waals surface area contributed by atoms with Crippen molar-refractivity contribution in [2.24, 2.45) is 0 Å². The fourth-order valence-corrected chi connectivity index (χ4v) is 3.44. The van der Waals surface area contributed by atoms with Gasteiger partial charge in [-0.1, -0.05) is 12.1 Å². The largest absolute Gasteiger partial charge is 0.490 e. The molecule has 27 heavy (non-hydrogen) atoms. The first-order valence-electron chi connectivity index (χ1n) is 8.47. The minimum absolute atomic E-state index is 0.0126. The van der Waals surface area contributed by atoms with Crippen LogP contribution in [0.15, 0.2) is 47.4 Å². The maximum Gasteiger partial charge on any atom is 0.337 e. The third kappa shape index (κ3) is 5.45. The van der Waals surface area contributed by atoms with Crippen LogP contribution in [-0.2, 0) is 21.3 Å². The Labute approximate surface area is 159 Å². The van der Waals surface area contributed by atoms with Crippen LogP contribution >= 0.6 is 0 Å². The van der Waals surface area contributed by atoms with Crippen LogP contribution in [0.2, 0.25) is 0 Å². The van der Waals surface area contributed by atoms with E-state index in [0.29, 0.717) is 24.7 Å². The van der Waals surface area contributed by atoms with Gasteiger partial charge in [0.2, 0.25) is 10.0 Å². The average Bonchev–Trinajstić information content (AvgIpc) is 2.68. The van der Waals surface area contributed by atoms with E-state index >= 15 is 0 Å². The van der Waals surface area contributed by atoms with Gasteiger partial charge in [0.15, 0.2) is 11.5 Å². The molecule has 0 saturated heterocycles. The molecule has 0 radical (unpaired) electrons. The van der Waals surface area contributed by atoms with Crippen molar-refractivity contribution < 1.29 is 27.4 Å². The standard InChI is InChI=1S/C19H23NO6S/c1-4-25-17-10-9-14(11-18(17)26-5-2)13-20-27(22,23)16-8-6-7-15(12-16)19(21)24-3/h6-12,20H,4-5,13H2,1-3H3. The van der Waals surface area contributed by atoms with E-state index in [4.69, 9.17) is 9.47 Å². The molecule has 0 unspecified atom stereocenters. The zero-order valence-corrected chi connectivity index (χ0v) is 16.3. The quantitative estimate of drug-likeness (QED) is 0.659. The SMILES string of the molecule is CCOc1ccc(CNS(=O)(=O)c2cccc(C(=O)OC)c2)cc1OCC. The summed E-state index contributed by atoms with van der Waals surface area (Å²) < 4.78 is 43.2. The average molecular weight is 393 g/mol. The van der Waals surface area contributed by atoms with E-state index in [1.54, 1.807) is 18.2 Å². The summed E-state index contributed by atoms with van der Waals surface area (Å²) in [5, 5.41) is 0. The second-order valence-electron chi connectivity index (χ2n) is 5.49. The molecule has 0 saturated carbocycles. The molecule has 0 aliphatic rings. The Morgan fingerprint density at radius 1 is 1.00 bits per heavy atom. The van der Waals surface area contributed by atoms with Gasteiger partial charge in [0.25, 0.3) is 0 Å². The summed E-state index contributed by atoms with van der Waals surface area (Å²) >= 11 is 0. The number of rotatable bonds is 9. The number of esters is 1. The predicted molar refractivity (Wildman–Crippen MR) is 101 cm³/mol. The van der Waals surface area contributed by atoms with Crippen LogP contribution in [0.1, 0.15) is 29.8 Å². The second-order valence-corrected chi connectivity index (χ2v) is 7.26. The minimum Gasteiger partial charge on any atom is -0.490 e. The van der Waals surface area contributed by atoms with E-state index in [2.05, 4.69) is 9.46 Å². The van der Waals surface area contributed by atoms with Gasteiger partial charge in [0.05, 0.1) is 30.8 Å². The highest BCUT2D eigenvalue weighted by Gasteiger charge is 2.17. The van der Waals surface area contributed by atoms with E-state index in [1.165, 1.54) is 31.4 Å². The maximum atomic E-state index is 12.5. The van der Waals surface area contributed by atoms with Gasteiger partial charge in [0, 0.05) is 6.54 Å². The van der Waals surface area contributed by atoms with Crippen molar-refractivity contribution in [3.8, 4) is 11.5 Å². The van der Waals surface area contributed by atoms with Crippen LogP contribution in [0, 0.1) is 0 Å². The van der Waals surface area contributed by atoms with Crippen molar-refractivity contribution in [1.82, 2.24) is 4.72 Å². The fourth-order valence-electron chi connectivity index (χ4n) is 2.38. The van der Waals surface area contributed by atoms with Crippen molar-refractivity contribution in [1.29, 1.82) is 0 Å². The highest BCUT2D eigenvalue weighted by molar-refractivity contribution is 7.89. The molecular weight excluding hydrogens is 370 g/mol. The predicted octanol–water partition coefficient (Wildman–Crippen LogP) is 2.75. The number of nitrogens with one attached hydrogen (secondary N) is 1. The molecule has 1 N–H and O–H groups in total. The van der Waals surface area contributed by atoms with Crippen molar-refractivity contribution in [2.45, 2.75) is 25.3 Å². The number of ether oxygens (including phenoxy) is 3. The van der Waals surface area contributed by atoms with Crippen LogP contribution in [0.3, 0.4) is 0 Å². The lowest BCUT2D eigenvalue weighted by molar-refractivity contribution is 0.0600. The Balaban J connectivity index is 2.17. The number of carbonyl (C=O) groups is 1. The molecule has 0 bridgehead atoms. The monoisotopic (exact) mass is 393 g/mol. The van der Waals surface area contributed by atoms with E-state index in [-0.39, 0.29) is 17.0 Å². The van der Waals surface area contributed by atoms with Gasteiger partial charge >= 0.3 is 5.97 Å². The minimum atomic E-state index is -3.80. The first-order chi connectivity index (χ1) is 12.9. The van der Waals surface area contributed by atoms with Crippen molar-refractivity contribution in [3.05, 3.63) is 53.6 Å². The van der Waals surface area contributed by atoms with Crippen LogP contribution < -0.4 is 14.2 Å². The van der Waals surface area contributed by atoms with Crippen LogP contribution in [-0.4, -0.2) is 34.7 Å². The number of sulfonamides is 1. The molecule has 2 rings (SSSR count). The summed E-state index contributed by atoms with van der Waals surface area (Å²) in [5.41, 5.74) is 0.884. The molecule has 0 aromatic heterocycles. The lowest BCUT2D eigenvalue weighted by Crippen LogP contribution is -2.23. The Morgan fingerprint density at radius 2 is 1.70 bits per heavy atom. The topological polar surface area (TPSA) is 90.9 Å². The van der Waals surface area contributed by atoms with Crippen molar-refractivity contribution in [3.63, 3.8) is 0 Å². The molecule has 0 heterocycles. The molecule has 0 aliphatic heterocycles. The summed E-state index contributed by atoms with van der Waals surface area (Å²) in [5.74, 6) is 0.570. The number of carbonyl (C=O) groups excluding carboxylic acids is 1. The number of hydrogen-bond donors (Lipinski definition) is 1. The van der Waals surface area contributed by atoms with E-state index < -0.39 is 16.0 Å². The lowest BCUT2D eigenvalue weighted by Gasteiger charge is -2.13. The molecule has 2 aromatic rings. The fraction of sp³-hybridized carbons (Fsp3) is 0.316. The lowest BCUT2D eigenvalue weighted by atomic mass is 10.2. The van der Waals surface area contributed by atoms with Crippen LogP contribution in [0.4, 0.5) is 0 Å². The van der Waals surface area contributed by atoms with Gasteiger partial charge in [-0.25, -0.2) is 17.9 Å². The van der Waals surface area contributed by atoms with Crippen molar-refractivity contribution in [2.75, 3.05) is 20.3 Å². The summed E-state index contributed by atoms with van der Waals surface area (Å²) in [6.07, 6.45) is 0. The van der Waals surface area contributed by atoms with Gasteiger partial charge in [-0.05, 0) is 49.7 Å². The van der Waals surface area contributed by atoms with Gasteiger partial charge in [-0.15, -0.1) is 0 Å². The Bertz CT molecular complexity index is 895. The zero-order valence-electron chi connectivity index (χ0n) is 15.5. The molecule has 146 valence electrons. The molecule has 7 nitrogen and oxygen atoms in total.